The fourth-order valence-electron chi connectivity index (χ4n) is 1.55. The molecule has 2 rings (SSSR count). The lowest BCUT2D eigenvalue weighted by molar-refractivity contribution is 0.509. The standard InChI is InChI=1S/C14H12F2N2O2S/c1-21(19,20)12-5-2-10(3-6-12)9-17-18-11-4-7-13(15)14(16)8-11/h2-9,18H,1H3/b17-9+. The molecule has 0 unspecified atom stereocenters. The number of sulfone groups is 1. The van der Waals surface area contributed by atoms with E-state index in [9.17, 15) is 17.2 Å². The summed E-state index contributed by atoms with van der Waals surface area (Å²) in [5.41, 5.74) is 3.52. The molecule has 7 heteroatoms. The Bertz CT molecular complexity index is 772. The molecule has 0 spiro atoms. The SMILES string of the molecule is CS(=O)(=O)c1ccc(/C=N/Nc2ccc(F)c(F)c2)cc1. The molecule has 110 valence electrons. The average Bonchev–Trinajstić information content (AvgIpc) is 2.42. The van der Waals surface area contributed by atoms with Crippen molar-refractivity contribution in [3.63, 3.8) is 0 Å². The fraction of sp³-hybridized carbons (Fsp3) is 0.0714. The molecule has 0 heterocycles. The van der Waals surface area contributed by atoms with E-state index in [0.29, 0.717) is 11.3 Å². The van der Waals surface area contributed by atoms with E-state index in [1.54, 1.807) is 12.1 Å². The maximum atomic E-state index is 13.0. The number of benzene rings is 2. The van der Waals surface area contributed by atoms with E-state index >= 15 is 0 Å². The zero-order valence-electron chi connectivity index (χ0n) is 11.0. The van der Waals surface area contributed by atoms with E-state index in [1.165, 1.54) is 24.4 Å². The van der Waals surface area contributed by atoms with Gasteiger partial charge in [0.15, 0.2) is 21.5 Å². The van der Waals surface area contributed by atoms with Gasteiger partial charge in [-0.1, -0.05) is 12.1 Å². The summed E-state index contributed by atoms with van der Waals surface area (Å²) < 4.78 is 48.3. The number of nitrogens with zero attached hydrogens (tertiary/aromatic N) is 1. The minimum atomic E-state index is -3.23. The van der Waals surface area contributed by atoms with E-state index in [0.717, 1.165) is 18.4 Å². The van der Waals surface area contributed by atoms with E-state index in [-0.39, 0.29) is 4.90 Å². The summed E-state index contributed by atoms with van der Waals surface area (Å²) in [6.07, 6.45) is 2.56. The predicted octanol–water partition coefficient (Wildman–Crippen LogP) is 2.81. The lowest BCUT2D eigenvalue weighted by Gasteiger charge is -2.01. The van der Waals surface area contributed by atoms with Crippen LogP contribution in [0.3, 0.4) is 0 Å². The molecule has 1 N–H and O–H groups in total. The molecule has 0 radical (unpaired) electrons. The lowest BCUT2D eigenvalue weighted by atomic mass is 10.2. The molecular weight excluding hydrogens is 298 g/mol. The van der Waals surface area contributed by atoms with Gasteiger partial charge in [0.25, 0.3) is 0 Å². The molecule has 0 amide bonds. The Balaban J connectivity index is 2.06. The van der Waals surface area contributed by atoms with Gasteiger partial charge in [0.05, 0.1) is 16.8 Å². The van der Waals surface area contributed by atoms with Crippen molar-refractivity contribution in [3.8, 4) is 0 Å². The Labute approximate surface area is 121 Å². The number of anilines is 1. The van der Waals surface area contributed by atoms with Crippen molar-refractivity contribution >= 4 is 21.7 Å². The zero-order valence-corrected chi connectivity index (χ0v) is 11.9. The third kappa shape index (κ3) is 4.09. The first-order chi connectivity index (χ1) is 9.86. The summed E-state index contributed by atoms with van der Waals surface area (Å²) in [5.74, 6) is -1.89. The third-order valence-electron chi connectivity index (χ3n) is 2.64. The molecule has 21 heavy (non-hydrogen) atoms. The van der Waals surface area contributed by atoms with E-state index in [4.69, 9.17) is 0 Å². The number of nitrogens with one attached hydrogen (secondary N) is 1. The molecule has 0 aliphatic heterocycles. The normalized spacial score (nSPS) is 11.8. The second-order valence-corrected chi connectivity index (χ2v) is 6.36. The summed E-state index contributed by atoms with van der Waals surface area (Å²) in [4.78, 5) is 0.216. The highest BCUT2D eigenvalue weighted by molar-refractivity contribution is 7.90. The number of hydrogen-bond donors (Lipinski definition) is 1. The summed E-state index contributed by atoms with van der Waals surface area (Å²) in [6.45, 7) is 0. The monoisotopic (exact) mass is 310 g/mol. The minimum absolute atomic E-state index is 0.216. The van der Waals surface area contributed by atoms with Crippen LogP contribution in [0.25, 0.3) is 0 Å². The molecular formula is C14H12F2N2O2S. The van der Waals surface area contributed by atoms with Gasteiger partial charge in [0.2, 0.25) is 0 Å². The first-order valence-electron chi connectivity index (χ1n) is 5.90. The van der Waals surface area contributed by atoms with Gasteiger partial charge in [0.1, 0.15) is 0 Å². The molecule has 2 aromatic carbocycles. The van der Waals surface area contributed by atoms with Crippen LogP contribution in [0.15, 0.2) is 52.5 Å². The Kier molecular flexibility index (Phi) is 4.32. The minimum Gasteiger partial charge on any atom is -0.278 e. The van der Waals surface area contributed by atoms with E-state index < -0.39 is 21.5 Å². The van der Waals surface area contributed by atoms with Gasteiger partial charge in [-0.3, -0.25) is 5.43 Å². The largest absolute Gasteiger partial charge is 0.278 e. The van der Waals surface area contributed by atoms with Gasteiger partial charge in [-0.2, -0.15) is 5.10 Å². The van der Waals surface area contributed by atoms with Crippen LogP contribution in [0.2, 0.25) is 0 Å². The summed E-state index contributed by atoms with van der Waals surface area (Å²) in [7, 11) is -3.23. The van der Waals surface area contributed by atoms with E-state index in [2.05, 4.69) is 10.5 Å². The molecule has 0 aliphatic carbocycles. The molecule has 2 aromatic rings. The smallest absolute Gasteiger partial charge is 0.175 e. The number of hydrogen-bond acceptors (Lipinski definition) is 4. The first-order valence-corrected chi connectivity index (χ1v) is 7.79. The van der Waals surface area contributed by atoms with Crippen molar-refractivity contribution in [1.29, 1.82) is 0 Å². The summed E-state index contributed by atoms with van der Waals surface area (Å²) >= 11 is 0. The molecule has 0 aliphatic rings. The summed E-state index contributed by atoms with van der Waals surface area (Å²) in [5, 5.41) is 3.86. The van der Waals surface area contributed by atoms with Gasteiger partial charge in [-0.25, -0.2) is 17.2 Å². The van der Waals surface area contributed by atoms with Crippen LogP contribution in [0.4, 0.5) is 14.5 Å². The highest BCUT2D eigenvalue weighted by atomic mass is 32.2. The van der Waals surface area contributed by atoms with Gasteiger partial charge >= 0.3 is 0 Å². The average molecular weight is 310 g/mol. The number of halogens is 2. The van der Waals surface area contributed by atoms with Crippen molar-refractivity contribution in [3.05, 3.63) is 59.7 Å². The molecule has 4 nitrogen and oxygen atoms in total. The zero-order chi connectivity index (χ0) is 15.5. The fourth-order valence-corrected chi connectivity index (χ4v) is 2.18. The maximum absolute atomic E-state index is 13.0. The van der Waals surface area contributed by atoms with Crippen LogP contribution in [0, 0.1) is 11.6 Å². The van der Waals surface area contributed by atoms with Crippen molar-refractivity contribution in [2.75, 3.05) is 11.7 Å². The lowest BCUT2D eigenvalue weighted by Crippen LogP contribution is -1.97. The van der Waals surface area contributed by atoms with Gasteiger partial charge in [-0.05, 0) is 29.8 Å². The van der Waals surface area contributed by atoms with Crippen LogP contribution in [-0.4, -0.2) is 20.9 Å². The molecule has 0 aromatic heterocycles. The van der Waals surface area contributed by atoms with Crippen LogP contribution in [-0.2, 0) is 9.84 Å². The Morgan fingerprint density at radius 2 is 1.71 bits per heavy atom. The highest BCUT2D eigenvalue weighted by Crippen LogP contribution is 2.13. The quantitative estimate of drug-likeness (QED) is 0.698. The predicted molar refractivity (Wildman–Crippen MR) is 77.1 cm³/mol. The first kappa shape index (κ1) is 15.1. The molecule has 0 atom stereocenters. The van der Waals surface area contributed by atoms with Crippen LogP contribution in [0.5, 0.6) is 0 Å². The van der Waals surface area contributed by atoms with Crippen molar-refractivity contribution in [1.82, 2.24) is 0 Å². The Morgan fingerprint density at radius 1 is 1.05 bits per heavy atom. The van der Waals surface area contributed by atoms with Crippen LogP contribution >= 0.6 is 0 Å². The number of rotatable bonds is 4. The number of hydrazone groups is 1. The maximum Gasteiger partial charge on any atom is 0.175 e. The van der Waals surface area contributed by atoms with Gasteiger partial charge in [-0.15, -0.1) is 0 Å². The molecule has 0 fully saturated rings. The summed E-state index contributed by atoms with van der Waals surface area (Å²) in [6, 6.07) is 9.44. The second-order valence-electron chi connectivity index (χ2n) is 4.34. The van der Waals surface area contributed by atoms with E-state index in [1.807, 2.05) is 0 Å². The molecule has 0 bridgehead atoms. The van der Waals surface area contributed by atoms with Gasteiger partial charge < -0.3 is 0 Å². The topological polar surface area (TPSA) is 58.5 Å². The molecule has 0 saturated carbocycles. The van der Waals surface area contributed by atoms with Gasteiger partial charge in [0, 0.05) is 12.3 Å². The van der Waals surface area contributed by atoms with Crippen molar-refractivity contribution < 1.29 is 17.2 Å². The van der Waals surface area contributed by atoms with Crippen molar-refractivity contribution in [2.45, 2.75) is 4.90 Å². The third-order valence-corrected chi connectivity index (χ3v) is 3.76. The Hall–Kier alpha value is -2.28. The highest BCUT2D eigenvalue weighted by Gasteiger charge is 2.05. The van der Waals surface area contributed by atoms with Crippen LogP contribution < -0.4 is 5.43 Å². The molecule has 0 saturated heterocycles. The second kappa shape index (κ2) is 6.01. The Morgan fingerprint density at radius 3 is 2.29 bits per heavy atom. The van der Waals surface area contributed by atoms with Crippen molar-refractivity contribution in [2.24, 2.45) is 5.10 Å². The van der Waals surface area contributed by atoms with Crippen LogP contribution in [0.1, 0.15) is 5.56 Å².